The van der Waals surface area contributed by atoms with Crippen molar-refractivity contribution >= 4 is 53.0 Å². The summed E-state index contributed by atoms with van der Waals surface area (Å²) in [5.41, 5.74) is 0. The first-order valence-electron chi connectivity index (χ1n) is 20.9. The average molecular weight is 839 g/mol. The molecule has 19 heteroatoms. The second-order valence-electron chi connectivity index (χ2n) is 15.5. The van der Waals surface area contributed by atoms with Gasteiger partial charge in [0.1, 0.15) is 30.2 Å². The number of likely N-dealkylation sites (tertiary alicyclic amines) is 1. The molecule has 0 aromatic heterocycles. The molecule has 8 N–H and O–H groups in total. The van der Waals surface area contributed by atoms with Gasteiger partial charge >= 0.3 is 0 Å². The van der Waals surface area contributed by atoms with Gasteiger partial charge in [0, 0.05) is 26.6 Å². The third kappa shape index (κ3) is 17.6. The summed E-state index contributed by atoms with van der Waals surface area (Å²) in [4.78, 5) is 117. The normalized spacial score (nSPS) is 18.0. The Morgan fingerprint density at radius 3 is 1.83 bits per heavy atom. The smallest absolute Gasteiger partial charge is 0.289 e. The largest absolute Gasteiger partial charge is 0.394 e. The molecular weight excluding hydrogens is 768 g/mol. The molecule has 1 aliphatic rings. The maximum Gasteiger partial charge on any atom is 0.289 e. The first-order chi connectivity index (χ1) is 27.8. The average Bonchev–Trinajstić information content (AvgIpc) is 3.47. The summed E-state index contributed by atoms with van der Waals surface area (Å²) in [5.74, 6) is -6.72. The molecule has 1 fully saturated rings. The minimum atomic E-state index is -1.51. The van der Waals surface area contributed by atoms with Gasteiger partial charge in [-0.05, 0) is 47.5 Å². The molecule has 0 saturated carbocycles. The summed E-state index contributed by atoms with van der Waals surface area (Å²) in [7, 11) is 2.50. The van der Waals surface area contributed by atoms with Crippen LogP contribution >= 0.6 is 0 Å². The van der Waals surface area contributed by atoms with Crippen LogP contribution in [0.25, 0.3) is 0 Å². The highest BCUT2D eigenvalue weighted by atomic mass is 16.3. The molecule has 0 aromatic carbocycles. The molecule has 0 bridgehead atoms. The zero-order valence-corrected chi connectivity index (χ0v) is 36.2. The molecule has 8 amide bonds. The molecule has 1 rings (SSSR count). The number of hydrogen-bond acceptors (Lipinski definition) is 11. The standard InChI is InChI=1S/C40H70N8O11/c1-9-10-11-12-13-14-15-16-17-18-19-20-31(51)45-30(23-49)37(56)43-25(3)35(54)42-22-32(52)47(8)33(28(6)50)38(57)44-26(4)36(55)46-29-21-24(2)48(40(29)59)27(5)34(53)39(58)41-7/h24-30,33,49-50H,9-23H2,1-8H3,(H,41,58)(H,42,54)(H,43,56)(H,44,57)(H,45,51)(H,46,55)/t24?,25-,26+,27?,28?,29+,30-,33+/m1/s1. The Morgan fingerprint density at radius 1 is 0.780 bits per heavy atom. The second kappa shape index (κ2) is 27.2. The third-order valence-electron chi connectivity index (χ3n) is 10.5. The molecule has 8 atom stereocenters. The predicted molar refractivity (Wildman–Crippen MR) is 218 cm³/mol. The predicted octanol–water partition coefficient (Wildman–Crippen LogP) is -0.693. The Morgan fingerprint density at radius 2 is 1.31 bits per heavy atom. The zero-order chi connectivity index (χ0) is 44.8. The van der Waals surface area contributed by atoms with Gasteiger partial charge in [0.05, 0.1) is 25.3 Å². The van der Waals surface area contributed by atoms with Crippen molar-refractivity contribution in [2.75, 3.05) is 27.2 Å². The second-order valence-corrected chi connectivity index (χ2v) is 15.5. The van der Waals surface area contributed by atoms with Gasteiger partial charge < -0.3 is 51.9 Å². The minimum Gasteiger partial charge on any atom is -0.394 e. The van der Waals surface area contributed by atoms with Crippen LogP contribution in [-0.4, -0.2) is 149 Å². The molecule has 1 saturated heterocycles. The first kappa shape index (κ1) is 52.4. The molecule has 1 aliphatic heterocycles. The van der Waals surface area contributed by atoms with Crippen LogP contribution in [0.15, 0.2) is 0 Å². The number of nitrogens with one attached hydrogen (secondary N) is 6. The van der Waals surface area contributed by atoms with E-state index in [1.165, 1.54) is 91.6 Å². The summed E-state index contributed by atoms with van der Waals surface area (Å²) in [6.45, 7) is 7.85. The Kier molecular flexibility index (Phi) is 24.1. The maximum atomic E-state index is 13.2. The lowest BCUT2D eigenvalue weighted by Crippen LogP contribution is -2.59. The van der Waals surface area contributed by atoms with Gasteiger partial charge in [-0.15, -0.1) is 0 Å². The van der Waals surface area contributed by atoms with Crippen molar-refractivity contribution in [2.45, 2.75) is 173 Å². The number of unbranched alkanes of at least 4 members (excludes halogenated alkanes) is 10. The minimum absolute atomic E-state index is 0.135. The summed E-state index contributed by atoms with van der Waals surface area (Å²) >= 11 is 0. The lowest BCUT2D eigenvalue weighted by molar-refractivity contribution is -0.145. The van der Waals surface area contributed by atoms with E-state index in [-0.39, 0.29) is 12.8 Å². The van der Waals surface area contributed by atoms with E-state index >= 15 is 0 Å². The Balaban J connectivity index is 2.59. The van der Waals surface area contributed by atoms with Crippen molar-refractivity contribution in [3.05, 3.63) is 0 Å². The van der Waals surface area contributed by atoms with Gasteiger partial charge in [-0.3, -0.25) is 43.2 Å². The number of aliphatic hydroxyl groups excluding tert-OH is 2. The molecule has 3 unspecified atom stereocenters. The molecule has 0 radical (unpaired) electrons. The molecule has 0 aliphatic carbocycles. The summed E-state index contributed by atoms with van der Waals surface area (Å²) in [6, 6.07) is -7.83. The summed E-state index contributed by atoms with van der Waals surface area (Å²) < 4.78 is 0. The number of likely N-dealkylation sites (N-methyl/N-ethyl adjacent to an activating group) is 2. The van der Waals surface area contributed by atoms with Crippen molar-refractivity contribution < 1.29 is 53.4 Å². The number of nitrogens with zero attached hydrogens (tertiary/aromatic N) is 2. The molecule has 19 nitrogen and oxygen atoms in total. The van der Waals surface area contributed by atoms with Crippen LogP contribution in [0, 0.1) is 0 Å². The van der Waals surface area contributed by atoms with E-state index in [4.69, 9.17) is 0 Å². The Bertz CT molecular complexity index is 1440. The number of Topliss-reactive ketones (excluding diaryl/α,β-unsaturated/α-hetero) is 1. The highest BCUT2D eigenvalue weighted by molar-refractivity contribution is 6.38. The van der Waals surface area contributed by atoms with Gasteiger partial charge in [-0.25, -0.2) is 0 Å². The molecule has 336 valence electrons. The van der Waals surface area contributed by atoms with Crippen molar-refractivity contribution in [2.24, 2.45) is 0 Å². The van der Waals surface area contributed by atoms with Gasteiger partial charge in [0.25, 0.3) is 5.91 Å². The SMILES string of the molecule is CCCCCCCCCCCCCC(=O)N[C@H](CO)C(=O)N[C@H](C)C(=O)NCC(=O)N(C)[C@H](C(=O)N[C@@H](C)C(=O)N[C@H]1CC(C)N(C(C)C(=O)C(=O)NC)C1=O)C(C)O. The Labute approximate surface area is 348 Å². The third-order valence-corrected chi connectivity index (χ3v) is 10.5. The van der Waals surface area contributed by atoms with Crippen molar-refractivity contribution in [3.63, 3.8) is 0 Å². The number of amides is 8. The van der Waals surface area contributed by atoms with Crippen LogP contribution in [0.5, 0.6) is 0 Å². The van der Waals surface area contributed by atoms with Crippen molar-refractivity contribution in [1.82, 2.24) is 41.7 Å². The van der Waals surface area contributed by atoms with Crippen LogP contribution in [0.3, 0.4) is 0 Å². The van der Waals surface area contributed by atoms with E-state index in [1.54, 1.807) is 6.92 Å². The van der Waals surface area contributed by atoms with E-state index in [0.29, 0.717) is 6.42 Å². The highest BCUT2D eigenvalue weighted by Crippen LogP contribution is 2.22. The number of rotatable bonds is 28. The fourth-order valence-corrected chi connectivity index (χ4v) is 6.85. The van der Waals surface area contributed by atoms with Gasteiger partial charge in [-0.2, -0.15) is 0 Å². The van der Waals surface area contributed by atoms with Crippen molar-refractivity contribution in [3.8, 4) is 0 Å². The van der Waals surface area contributed by atoms with Crippen LogP contribution in [-0.2, 0) is 43.2 Å². The lowest BCUT2D eigenvalue weighted by atomic mass is 10.1. The van der Waals surface area contributed by atoms with E-state index < -0.39 is 115 Å². The van der Waals surface area contributed by atoms with Gasteiger partial charge in [0.15, 0.2) is 0 Å². The van der Waals surface area contributed by atoms with Gasteiger partial charge in [0.2, 0.25) is 47.1 Å². The fraction of sp³-hybridized carbons (Fsp3) is 0.775. The number of ketones is 1. The van der Waals surface area contributed by atoms with E-state index in [2.05, 4.69) is 38.8 Å². The topological polar surface area (TPSA) is 273 Å². The number of carbonyl (C=O) groups is 9. The molecule has 59 heavy (non-hydrogen) atoms. The molecular formula is C40H70N8O11. The van der Waals surface area contributed by atoms with Gasteiger partial charge in [-0.1, -0.05) is 71.1 Å². The van der Waals surface area contributed by atoms with E-state index in [0.717, 1.165) is 24.2 Å². The van der Waals surface area contributed by atoms with Crippen LogP contribution in [0.2, 0.25) is 0 Å². The van der Waals surface area contributed by atoms with Crippen LogP contribution in [0.1, 0.15) is 125 Å². The number of carbonyl (C=O) groups excluding carboxylic acids is 9. The summed E-state index contributed by atoms with van der Waals surface area (Å²) in [5, 5.41) is 34.5. The highest BCUT2D eigenvalue weighted by Gasteiger charge is 2.44. The maximum absolute atomic E-state index is 13.2. The molecule has 1 heterocycles. The van der Waals surface area contributed by atoms with E-state index in [9.17, 15) is 53.4 Å². The van der Waals surface area contributed by atoms with Crippen molar-refractivity contribution in [1.29, 1.82) is 0 Å². The molecule has 0 aromatic rings. The quantitative estimate of drug-likeness (QED) is 0.0361. The van der Waals surface area contributed by atoms with Crippen LogP contribution in [0.4, 0.5) is 0 Å². The van der Waals surface area contributed by atoms with Crippen LogP contribution < -0.4 is 31.9 Å². The Hall–Kier alpha value is -4.65. The monoisotopic (exact) mass is 839 g/mol. The molecule has 0 spiro atoms. The van der Waals surface area contributed by atoms with E-state index in [1.807, 2.05) is 0 Å². The first-order valence-corrected chi connectivity index (χ1v) is 20.9. The lowest BCUT2D eigenvalue weighted by Gasteiger charge is -2.30. The number of hydrogen-bond donors (Lipinski definition) is 8. The zero-order valence-electron chi connectivity index (χ0n) is 36.2. The fourth-order valence-electron chi connectivity index (χ4n) is 6.85. The summed E-state index contributed by atoms with van der Waals surface area (Å²) in [6.07, 6.45) is 11.3. The number of aliphatic hydroxyl groups is 2.